The first kappa shape index (κ1) is 6.76. The Kier molecular flexibility index (Phi) is 3.80. The lowest BCUT2D eigenvalue weighted by Crippen LogP contribution is -1.68. The van der Waals surface area contributed by atoms with E-state index in [1.807, 2.05) is 18.6 Å². The van der Waals surface area contributed by atoms with Crippen LogP contribution in [0.15, 0.2) is 11.0 Å². The Morgan fingerprint density at radius 2 is 2.29 bits per heavy atom. The topological polar surface area (TPSA) is 23.9 Å². The SMILES string of the molecule is CS/C=C(/C)C=N. The lowest BCUT2D eigenvalue weighted by molar-refractivity contribution is 1.52. The predicted octanol–water partition coefficient (Wildman–Crippen LogP) is 1.90. The van der Waals surface area contributed by atoms with Gasteiger partial charge in [-0.2, -0.15) is 0 Å². The zero-order valence-electron chi connectivity index (χ0n) is 4.56. The van der Waals surface area contributed by atoms with Crippen molar-refractivity contribution in [3.8, 4) is 0 Å². The van der Waals surface area contributed by atoms with Gasteiger partial charge < -0.3 is 5.41 Å². The van der Waals surface area contributed by atoms with Crippen LogP contribution in [0.5, 0.6) is 0 Å². The molecule has 7 heavy (non-hydrogen) atoms. The zero-order chi connectivity index (χ0) is 5.70. The molecule has 0 atom stereocenters. The van der Waals surface area contributed by atoms with Gasteiger partial charge in [0.2, 0.25) is 0 Å². The van der Waals surface area contributed by atoms with Gasteiger partial charge in [0.25, 0.3) is 0 Å². The van der Waals surface area contributed by atoms with Crippen LogP contribution in [0.3, 0.4) is 0 Å². The summed E-state index contributed by atoms with van der Waals surface area (Å²) in [6.45, 7) is 1.91. The molecule has 0 aromatic rings. The van der Waals surface area contributed by atoms with Crippen molar-refractivity contribution in [1.29, 1.82) is 5.41 Å². The fourth-order valence-electron chi connectivity index (χ4n) is 0.220. The Balaban J connectivity index is 3.49. The first-order valence-electron chi connectivity index (χ1n) is 2.01. The van der Waals surface area contributed by atoms with E-state index >= 15 is 0 Å². The van der Waals surface area contributed by atoms with Crippen molar-refractivity contribution >= 4 is 18.0 Å². The van der Waals surface area contributed by atoms with Gasteiger partial charge in [-0.1, -0.05) is 0 Å². The number of allylic oxidation sites excluding steroid dienone is 1. The van der Waals surface area contributed by atoms with Crippen LogP contribution in [-0.2, 0) is 0 Å². The molecule has 0 unspecified atom stereocenters. The smallest absolute Gasteiger partial charge is 0.0212 e. The predicted molar refractivity (Wildman–Crippen MR) is 36.1 cm³/mol. The van der Waals surface area contributed by atoms with Crippen LogP contribution in [-0.4, -0.2) is 12.5 Å². The standard InChI is InChI=1S/C5H9NS/c1-5(3-6)4-7-2/h3-4,6H,1-2H3/b5-4-,6-3?. The van der Waals surface area contributed by atoms with Gasteiger partial charge in [-0.15, -0.1) is 11.8 Å². The minimum absolute atomic E-state index is 1.01. The zero-order valence-corrected chi connectivity index (χ0v) is 5.38. The van der Waals surface area contributed by atoms with Gasteiger partial charge in [-0.05, 0) is 24.2 Å². The lowest BCUT2D eigenvalue weighted by atomic mass is 10.4. The number of nitrogens with one attached hydrogen (secondary N) is 1. The summed E-state index contributed by atoms with van der Waals surface area (Å²) in [5.41, 5.74) is 1.01. The highest BCUT2D eigenvalue weighted by Gasteiger charge is 1.73. The summed E-state index contributed by atoms with van der Waals surface area (Å²) in [5.74, 6) is 0. The highest BCUT2D eigenvalue weighted by atomic mass is 32.2. The maximum absolute atomic E-state index is 6.71. The highest BCUT2D eigenvalue weighted by Crippen LogP contribution is 1.97. The molecule has 0 aromatic heterocycles. The lowest BCUT2D eigenvalue weighted by Gasteiger charge is -1.81. The first-order valence-corrected chi connectivity index (χ1v) is 3.30. The molecule has 40 valence electrons. The van der Waals surface area contributed by atoms with Crippen molar-refractivity contribution in [3.05, 3.63) is 11.0 Å². The molecule has 0 saturated heterocycles. The molecule has 0 aliphatic carbocycles. The molecule has 0 amide bonds. The second kappa shape index (κ2) is 3.93. The van der Waals surface area contributed by atoms with Gasteiger partial charge in [0.15, 0.2) is 0 Å². The third-order valence-electron chi connectivity index (χ3n) is 0.531. The van der Waals surface area contributed by atoms with E-state index in [4.69, 9.17) is 5.41 Å². The number of hydrogen-bond donors (Lipinski definition) is 1. The van der Waals surface area contributed by atoms with Crippen molar-refractivity contribution in [3.63, 3.8) is 0 Å². The molecule has 1 N–H and O–H groups in total. The fraction of sp³-hybridized carbons (Fsp3) is 0.400. The summed E-state index contributed by atoms with van der Waals surface area (Å²) in [4.78, 5) is 0. The van der Waals surface area contributed by atoms with E-state index in [0.717, 1.165) is 5.57 Å². The summed E-state index contributed by atoms with van der Waals surface area (Å²) in [6, 6.07) is 0. The minimum Gasteiger partial charge on any atom is -0.308 e. The van der Waals surface area contributed by atoms with Gasteiger partial charge >= 0.3 is 0 Å². The van der Waals surface area contributed by atoms with Crippen LogP contribution < -0.4 is 0 Å². The fourth-order valence-corrected chi connectivity index (χ4v) is 0.660. The number of thioether (sulfide) groups is 1. The van der Waals surface area contributed by atoms with Crippen LogP contribution in [0.25, 0.3) is 0 Å². The van der Waals surface area contributed by atoms with Crippen molar-refractivity contribution in [2.45, 2.75) is 6.92 Å². The number of hydrogen-bond acceptors (Lipinski definition) is 2. The van der Waals surface area contributed by atoms with Crippen LogP contribution in [0.2, 0.25) is 0 Å². The maximum Gasteiger partial charge on any atom is 0.0212 e. The third kappa shape index (κ3) is 3.59. The van der Waals surface area contributed by atoms with E-state index in [9.17, 15) is 0 Å². The summed E-state index contributed by atoms with van der Waals surface area (Å²) in [5, 5.41) is 8.64. The highest BCUT2D eigenvalue weighted by molar-refractivity contribution is 8.01. The Hall–Kier alpha value is -0.240. The van der Waals surface area contributed by atoms with Gasteiger partial charge in [-0.25, -0.2) is 0 Å². The monoisotopic (exact) mass is 115 g/mol. The average molecular weight is 115 g/mol. The molecular weight excluding hydrogens is 106 g/mol. The maximum atomic E-state index is 6.71. The van der Waals surface area contributed by atoms with Crippen LogP contribution in [0.4, 0.5) is 0 Å². The van der Waals surface area contributed by atoms with Crippen LogP contribution in [0.1, 0.15) is 6.92 Å². The molecule has 0 bridgehead atoms. The van der Waals surface area contributed by atoms with Crippen molar-refractivity contribution in [2.24, 2.45) is 0 Å². The second-order valence-corrected chi connectivity index (χ2v) is 1.95. The molecular formula is C5H9NS. The molecule has 0 radical (unpaired) electrons. The normalized spacial score (nSPS) is 11.4. The summed E-state index contributed by atoms with van der Waals surface area (Å²) in [6.07, 6.45) is 3.32. The van der Waals surface area contributed by atoms with E-state index in [2.05, 4.69) is 0 Å². The molecule has 1 nitrogen and oxygen atoms in total. The molecule has 0 aliphatic heterocycles. The van der Waals surface area contributed by atoms with E-state index in [1.54, 1.807) is 11.8 Å². The van der Waals surface area contributed by atoms with Crippen LogP contribution in [0, 0.1) is 5.41 Å². The largest absolute Gasteiger partial charge is 0.308 e. The van der Waals surface area contributed by atoms with Gasteiger partial charge in [0, 0.05) is 6.21 Å². The quantitative estimate of drug-likeness (QED) is 0.546. The van der Waals surface area contributed by atoms with Gasteiger partial charge in [-0.3, -0.25) is 0 Å². The molecule has 0 saturated carbocycles. The average Bonchev–Trinajstić information content (AvgIpc) is 1.68. The van der Waals surface area contributed by atoms with Gasteiger partial charge in [0.1, 0.15) is 0 Å². The Morgan fingerprint density at radius 1 is 1.71 bits per heavy atom. The van der Waals surface area contributed by atoms with Crippen molar-refractivity contribution in [2.75, 3.05) is 6.26 Å². The van der Waals surface area contributed by atoms with E-state index in [1.165, 1.54) is 6.21 Å². The first-order chi connectivity index (χ1) is 3.31. The molecule has 2 heteroatoms. The van der Waals surface area contributed by atoms with E-state index in [0.29, 0.717) is 0 Å². The minimum atomic E-state index is 1.01. The van der Waals surface area contributed by atoms with Crippen molar-refractivity contribution in [1.82, 2.24) is 0 Å². The van der Waals surface area contributed by atoms with Crippen molar-refractivity contribution < 1.29 is 0 Å². The van der Waals surface area contributed by atoms with Crippen LogP contribution >= 0.6 is 11.8 Å². The second-order valence-electron chi connectivity index (χ2n) is 1.24. The van der Waals surface area contributed by atoms with Gasteiger partial charge in [0.05, 0.1) is 0 Å². The Bertz CT molecular complexity index is 86.1. The molecule has 0 spiro atoms. The summed E-state index contributed by atoms with van der Waals surface area (Å²) >= 11 is 1.62. The molecule has 0 rings (SSSR count). The number of rotatable bonds is 2. The molecule has 0 heterocycles. The molecule has 0 fully saturated rings. The summed E-state index contributed by atoms with van der Waals surface area (Å²) < 4.78 is 0. The van der Waals surface area contributed by atoms with E-state index < -0.39 is 0 Å². The molecule has 0 aromatic carbocycles. The third-order valence-corrected chi connectivity index (χ3v) is 1.14. The summed E-state index contributed by atoms with van der Waals surface area (Å²) in [7, 11) is 0. The van der Waals surface area contributed by atoms with E-state index in [-0.39, 0.29) is 0 Å². The molecule has 0 aliphatic rings. The Labute approximate surface area is 48.3 Å². The Morgan fingerprint density at radius 3 is 2.43 bits per heavy atom.